The molecule has 6 rings (SSSR count). The fourth-order valence-corrected chi connectivity index (χ4v) is 6.20. The quantitative estimate of drug-likeness (QED) is 0.614. The van der Waals surface area contributed by atoms with Gasteiger partial charge >= 0.3 is 0 Å². The number of halogens is 1. The summed E-state index contributed by atoms with van der Waals surface area (Å²) < 4.78 is 0. The second kappa shape index (κ2) is 8.03. The zero-order chi connectivity index (χ0) is 22.7. The van der Waals surface area contributed by atoms with Crippen molar-refractivity contribution in [2.45, 2.75) is 69.0 Å². The van der Waals surface area contributed by atoms with Gasteiger partial charge in [-0.15, -0.1) is 0 Å². The first-order chi connectivity index (χ1) is 16.0. The number of benzene rings is 1. The molecule has 33 heavy (non-hydrogen) atoms. The van der Waals surface area contributed by atoms with Crippen LogP contribution in [-0.2, 0) is 0 Å². The van der Waals surface area contributed by atoms with Crippen LogP contribution in [0.15, 0.2) is 36.5 Å². The molecule has 6 nitrogen and oxygen atoms in total. The van der Waals surface area contributed by atoms with E-state index in [4.69, 9.17) is 16.6 Å². The first-order valence-electron chi connectivity index (χ1n) is 11.9. The zero-order valence-corrected chi connectivity index (χ0v) is 19.7. The highest BCUT2D eigenvalue weighted by Gasteiger charge is 2.43. The second-order valence-corrected chi connectivity index (χ2v) is 10.3. The number of piperidine rings is 1. The summed E-state index contributed by atoms with van der Waals surface area (Å²) in [6.07, 6.45) is 7.29. The zero-order valence-electron chi connectivity index (χ0n) is 19.0. The van der Waals surface area contributed by atoms with E-state index in [9.17, 15) is 4.79 Å². The summed E-state index contributed by atoms with van der Waals surface area (Å²) in [5, 5.41) is 4.31. The highest BCUT2D eigenvalue weighted by molar-refractivity contribution is 6.31. The Bertz CT molecular complexity index is 1230. The van der Waals surface area contributed by atoms with Crippen LogP contribution < -0.4 is 5.32 Å². The van der Waals surface area contributed by atoms with Gasteiger partial charge in [-0.2, -0.15) is 0 Å². The van der Waals surface area contributed by atoms with Crippen molar-refractivity contribution in [1.82, 2.24) is 25.2 Å². The van der Waals surface area contributed by atoms with Crippen molar-refractivity contribution in [2.75, 3.05) is 7.05 Å². The molecule has 0 spiro atoms. The Labute approximate surface area is 198 Å². The number of rotatable bonds is 4. The lowest BCUT2D eigenvalue weighted by atomic mass is 9.97. The highest BCUT2D eigenvalue weighted by atomic mass is 35.5. The summed E-state index contributed by atoms with van der Waals surface area (Å²) in [5.74, 6) is 1.39. The van der Waals surface area contributed by atoms with Crippen molar-refractivity contribution in [3.8, 4) is 0 Å². The number of hydrogen-bond acceptors (Lipinski definition) is 5. The monoisotopic (exact) mass is 461 g/mol. The first-order valence-corrected chi connectivity index (χ1v) is 12.3. The molecule has 3 aliphatic rings. The molecule has 1 saturated carbocycles. The Kier molecular flexibility index (Phi) is 5.11. The van der Waals surface area contributed by atoms with E-state index in [-0.39, 0.29) is 11.8 Å². The maximum atomic E-state index is 13.2. The third-order valence-electron chi connectivity index (χ3n) is 7.70. The average molecular weight is 462 g/mol. The number of amides is 1. The number of pyridine rings is 1. The number of carbonyl (C=O) groups excluding carboxylic acids is 1. The molecule has 2 aliphatic heterocycles. The summed E-state index contributed by atoms with van der Waals surface area (Å²) >= 11 is 6.73. The van der Waals surface area contributed by atoms with Gasteiger partial charge in [-0.25, -0.2) is 9.97 Å². The molecular formula is C26H28ClN5O. The number of nitrogens with one attached hydrogen (secondary N) is 1. The van der Waals surface area contributed by atoms with Crippen LogP contribution in [0.5, 0.6) is 0 Å². The Balaban J connectivity index is 1.21. The van der Waals surface area contributed by atoms with E-state index in [0.717, 1.165) is 47.4 Å². The summed E-state index contributed by atoms with van der Waals surface area (Å²) in [7, 11) is 1.94. The van der Waals surface area contributed by atoms with Gasteiger partial charge in [0.2, 0.25) is 0 Å². The molecule has 4 unspecified atom stereocenters. The predicted molar refractivity (Wildman–Crippen MR) is 129 cm³/mol. The van der Waals surface area contributed by atoms with Crippen LogP contribution in [0.3, 0.4) is 0 Å². The molecule has 0 radical (unpaired) electrons. The number of nitrogens with zero attached hydrogens (tertiary/aromatic N) is 4. The number of aromatic nitrogens is 3. The second-order valence-electron chi connectivity index (χ2n) is 9.89. The van der Waals surface area contributed by atoms with Crippen molar-refractivity contribution in [1.29, 1.82) is 0 Å². The van der Waals surface area contributed by atoms with E-state index in [0.29, 0.717) is 34.6 Å². The lowest BCUT2D eigenvalue weighted by molar-refractivity contribution is 0.0681. The maximum Gasteiger partial charge on any atom is 0.253 e. The van der Waals surface area contributed by atoms with Gasteiger partial charge in [0.25, 0.3) is 5.91 Å². The molecule has 1 aliphatic carbocycles. The first kappa shape index (κ1) is 21.0. The lowest BCUT2D eigenvalue weighted by Crippen LogP contribution is -2.48. The smallest absolute Gasteiger partial charge is 0.253 e. The highest BCUT2D eigenvalue weighted by Crippen LogP contribution is 2.56. The van der Waals surface area contributed by atoms with Gasteiger partial charge in [-0.3, -0.25) is 9.78 Å². The third-order valence-corrected chi connectivity index (χ3v) is 8.03. The molecule has 1 N–H and O–H groups in total. The van der Waals surface area contributed by atoms with Crippen molar-refractivity contribution in [3.63, 3.8) is 0 Å². The molecule has 1 amide bonds. The molecule has 2 bridgehead atoms. The van der Waals surface area contributed by atoms with E-state index < -0.39 is 0 Å². The Morgan fingerprint density at radius 2 is 1.88 bits per heavy atom. The summed E-state index contributed by atoms with van der Waals surface area (Å²) in [5.41, 5.74) is 4.50. The molecule has 4 heterocycles. The lowest BCUT2D eigenvalue weighted by Gasteiger charge is -2.35. The van der Waals surface area contributed by atoms with Crippen molar-refractivity contribution < 1.29 is 4.79 Å². The maximum absolute atomic E-state index is 13.2. The average Bonchev–Trinajstić information content (AvgIpc) is 3.54. The Hall–Kier alpha value is -2.57. The van der Waals surface area contributed by atoms with Gasteiger partial charge in [0.15, 0.2) is 0 Å². The van der Waals surface area contributed by atoms with E-state index in [1.165, 1.54) is 12.8 Å². The number of aryl methyl sites for hydroxylation is 1. The molecule has 2 aromatic heterocycles. The normalized spacial score (nSPS) is 28.2. The molecule has 3 fully saturated rings. The minimum atomic E-state index is 0.0590. The van der Waals surface area contributed by atoms with Crippen LogP contribution in [0.1, 0.15) is 71.4 Å². The van der Waals surface area contributed by atoms with Crippen molar-refractivity contribution in [2.24, 2.45) is 0 Å². The van der Waals surface area contributed by atoms with Gasteiger partial charge in [0, 0.05) is 47.9 Å². The fraction of sp³-hybridized carbons (Fsp3) is 0.462. The van der Waals surface area contributed by atoms with Crippen LogP contribution in [-0.4, -0.2) is 50.9 Å². The molecule has 2 saturated heterocycles. The minimum absolute atomic E-state index is 0.0590. The topological polar surface area (TPSA) is 71.0 Å². The summed E-state index contributed by atoms with van der Waals surface area (Å²) in [4.78, 5) is 28.9. The van der Waals surface area contributed by atoms with Crippen LogP contribution >= 0.6 is 11.6 Å². The molecule has 1 aromatic carbocycles. The van der Waals surface area contributed by atoms with Crippen LogP contribution in [0.4, 0.5) is 0 Å². The van der Waals surface area contributed by atoms with E-state index in [1.54, 1.807) is 6.20 Å². The largest absolute Gasteiger partial charge is 0.339 e. The van der Waals surface area contributed by atoms with E-state index in [2.05, 4.69) is 15.3 Å². The van der Waals surface area contributed by atoms with Crippen LogP contribution in [0.25, 0.3) is 11.0 Å². The van der Waals surface area contributed by atoms with Crippen molar-refractivity contribution >= 4 is 28.5 Å². The Morgan fingerprint density at radius 3 is 2.64 bits per heavy atom. The fourth-order valence-electron chi connectivity index (χ4n) is 5.88. The molecular weight excluding hydrogens is 434 g/mol. The number of carbonyl (C=O) groups is 1. The number of fused-ring (bicyclic) bond motifs is 3. The van der Waals surface area contributed by atoms with E-state index >= 15 is 0 Å². The van der Waals surface area contributed by atoms with Gasteiger partial charge < -0.3 is 10.2 Å². The predicted octanol–water partition coefficient (Wildman–Crippen LogP) is 4.61. The SMILES string of the molecule is Cc1nc(C2CC2c2ccc(C(=O)N(C)C3CC4CCC(C3)N4)cc2Cl)c2ncccc2n1. The van der Waals surface area contributed by atoms with Crippen LogP contribution in [0, 0.1) is 6.92 Å². The molecule has 7 heteroatoms. The van der Waals surface area contributed by atoms with Crippen molar-refractivity contribution in [3.05, 3.63) is 64.2 Å². The van der Waals surface area contributed by atoms with E-state index in [1.807, 2.05) is 49.2 Å². The molecule has 4 atom stereocenters. The van der Waals surface area contributed by atoms with Gasteiger partial charge in [0.1, 0.15) is 11.3 Å². The summed E-state index contributed by atoms with van der Waals surface area (Å²) in [6.45, 7) is 1.92. The van der Waals surface area contributed by atoms with Crippen LogP contribution in [0.2, 0.25) is 5.02 Å². The van der Waals surface area contributed by atoms with Gasteiger partial charge in [0.05, 0.1) is 11.2 Å². The minimum Gasteiger partial charge on any atom is -0.339 e. The van der Waals surface area contributed by atoms with Gasteiger partial charge in [-0.1, -0.05) is 17.7 Å². The Morgan fingerprint density at radius 1 is 1.09 bits per heavy atom. The third kappa shape index (κ3) is 3.79. The van der Waals surface area contributed by atoms with Gasteiger partial charge in [-0.05, 0) is 74.8 Å². The molecule has 170 valence electrons. The standard InChI is InChI=1S/C26H28ClN5O/c1-14-29-23-4-3-9-28-25(23)24(30-14)21-13-20(21)19-8-5-15(10-22(19)27)26(33)32(2)18-11-16-6-7-17(12-18)31-16/h3-5,8-10,16-18,20-21,31H,6-7,11-13H2,1-2H3. The summed E-state index contributed by atoms with van der Waals surface area (Å²) in [6, 6.07) is 11.1. The number of hydrogen-bond donors (Lipinski definition) is 1. The molecule has 3 aromatic rings.